The van der Waals surface area contributed by atoms with Gasteiger partial charge in [0.2, 0.25) is 0 Å². The Morgan fingerprint density at radius 2 is 1.82 bits per heavy atom. The molecule has 0 radical (unpaired) electrons. The highest BCUT2D eigenvalue weighted by atomic mass is 35.5. The van der Waals surface area contributed by atoms with Crippen LogP contribution < -0.4 is 0 Å². The largest absolute Gasteiger partial charge is 0.385 e. The van der Waals surface area contributed by atoms with Gasteiger partial charge in [0.15, 0.2) is 0 Å². The average Bonchev–Trinajstić information content (AvgIpc) is 2.19. The lowest BCUT2D eigenvalue weighted by molar-refractivity contribution is -0.135. The Balaban J connectivity index is 2.40. The first kappa shape index (κ1) is 13.2. The van der Waals surface area contributed by atoms with E-state index < -0.39 is 5.60 Å². The monoisotopic (exact) mass is 274 g/mol. The molecule has 2 rings (SSSR count). The zero-order chi connectivity index (χ0) is 12.6. The Morgan fingerprint density at radius 1 is 1.24 bits per heavy atom. The summed E-state index contributed by atoms with van der Waals surface area (Å²) < 4.78 is 5.64. The van der Waals surface area contributed by atoms with Crippen LogP contribution in [0.5, 0.6) is 0 Å². The fraction of sp³-hybridized carbons (Fsp3) is 0.538. The Labute approximate surface area is 111 Å². The van der Waals surface area contributed by atoms with Gasteiger partial charge < -0.3 is 9.84 Å². The fourth-order valence-corrected chi connectivity index (χ4v) is 3.09. The minimum atomic E-state index is -0.945. The third-order valence-electron chi connectivity index (χ3n) is 3.17. The van der Waals surface area contributed by atoms with E-state index in [2.05, 4.69) is 0 Å². The normalized spacial score (nSPS) is 33.7. The molecule has 2 nitrogen and oxygen atoms in total. The molecule has 4 heteroatoms. The summed E-state index contributed by atoms with van der Waals surface area (Å²) in [6.07, 6.45) is 1.10. The number of aliphatic hydroxyl groups is 1. The minimum Gasteiger partial charge on any atom is -0.385 e. The van der Waals surface area contributed by atoms with E-state index in [0.29, 0.717) is 28.5 Å². The van der Waals surface area contributed by atoms with Crippen molar-refractivity contribution in [1.29, 1.82) is 0 Å². The highest BCUT2D eigenvalue weighted by molar-refractivity contribution is 6.42. The molecule has 1 N–H and O–H groups in total. The molecule has 0 amide bonds. The van der Waals surface area contributed by atoms with Crippen molar-refractivity contribution in [3.05, 3.63) is 33.8 Å². The van der Waals surface area contributed by atoms with E-state index in [1.54, 1.807) is 6.07 Å². The maximum absolute atomic E-state index is 10.8. The van der Waals surface area contributed by atoms with Crippen molar-refractivity contribution in [2.45, 2.75) is 44.5 Å². The topological polar surface area (TPSA) is 29.5 Å². The molecule has 0 saturated carbocycles. The van der Waals surface area contributed by atoms with Crippen LogP contribution in [0.2, 0.25) is 10.0 Å². The molecular weight excluding hydrogens is 259 g/mol. The maximum atomic E-state index is 10.8. The summed E-state index contributed by atoms with van der Waals surface area (Å²) in [5.41, 5.74) is -0.243. The lowest BCUT2D eigenvalue weighted by Crippen LogP contribution is -2.41. The summed E-state index contributed by atoms with van der Waals surface area (Å²) in [5, 5.41) is 11.7. The van der Waals surface area contributed by atoms with Crippen LogP contribution in [-0.2, 0) is 10.3 Å². The second kappa shape index (κ2) is 4.77. The molecule has 0 bridgehead atoms. The van der Waals surface area contributed by atoms with Crippen molar-refractivity contribution < 1.29 is 9.84 Å². The maximum Gasteiger partial charge on any atom is 0.0960 e. The summed E-state index contributed by atoms with van der Waals surface area (Å²) in [5.74, 6) is 0. The van der Waals surface area contributed by atoms with Gasteiger partial charge in [-0.05, 0) is 19.9 Å². The number of ether oxygens (including phenoxy) is 1. The lowest BCUT2D eigenvalue weighted by atomic mass is 9.81. The van der Waals surface area contributed by atoms with E-state index in [4.69, 9.17) is 27.9 Å². The van der Waals surface area contributed by atoms with Crippen LogP contribution in [0, 0.1) is 0 Å². The Bertz CT molecular complexity index is 410. The predicted octanol–water partition coefficient (Wildman–Crippen LogP) is 3.77. The highest BCUT2D eigenvalue weighted by Gasteiger charge is 2.39. The summed E-state index contributed by atoms with van der Waals surface area (Å²) in [6, 6.07) is 5.37. The van der Waals surface area contributed by atoms with Crippen LogP contribution in [0.25, 0.3) is 0 Å². The van der Waals surface area contributed by atoms with Crippen molar-refractivity contribution in [1.82, 2.24) is 0 Å². The van der Waals surface area contributed by atoms with Gasteiger partial charge in [0.25, 0.3) is 0 Å². The molecule has 1 fully saturated rings. The van der Waals surface area contributed by atoms with Crippen molar-refractivity contribution in [3.8, 4) is 0 Å². The summed E-state index contributed by atoms with van der Waals surface area (Å²) in [6.45, 7) is 3.91. The van der Waals surface area contributed by atoms with Crippen molar-refractivity contribution in [2.24, 2.45) is 0 Å². The van der Waals surface area contributed by atoms with Gasteiger partial charge in [0.05, 0.1) is 27.9 Å². The summed E-state index contributed by atoms with van der Waals surface area (Å²) in [4.78, 5) is 0. The molecule has 94 valence electrons. The van der Waals surface area contributed by atoms with Crippen molar-refractivity contribution in [3.63, 3.8) is 0 Å². The number of hydrogen-bond acceptors (Lipinski definition) is 2. The van der Waals surface area contributed by atoms with Gasteiger partial charge in [-0.2, -0.15) is 0 Å². The highest BCUT2D eigenvalue weighted by Crippen LogP contribution is 2.42. The molecule has 2 unspecified atom stereocenters. The Morgan fingerprint density at radius 3 is 2.41 bits per heavy atom. The first-order valence-corrected chi connectivity index (χ1v) is 6.50. The smallest absolute Gasteiger partial charge is 0.0960 e. The zero-order valence-electron chi connectivity index (χ0n) is 9.91. The fourth-order valence-electron chi connectivity index (χ4n) is 2.61. The molecule has 1 aliphatic heterocycles. The molecule has 1 aliphatic rings. The van der Waals surface area contributed by atoms with E-state index in [-0.39, 0.29) is 12.2 Å². The molecule has 1 saturated heterocycles. The second-order valence-electron chi connectivity index (χ2n) is 4.80. The van der Waals surface area contributed by atoms with Gasteiger partial charge in [-0.1, -0.05) is 35.3 Å². The van der Waals surface area contributed by atoms with E-state index in [1.807, 2.05) is 26.0 Å². The van der Waals surface area contributed by atoms with Gasteiger partial charge in [-0.3, -0.25) is 0 Å². The number of hydrogen-bond donors (Lipinski definition) is 1. The molecule has 0 spiro atoms. The molecule has 2 atom stereocenters. The number of rotatable bonds is 1. The molecular formula is C13H16Cl2O2. The van der Waals surface area contributed by atoms with Crippen molar-refractivity contribution in [2.75, 3.05) is 0 Å². The first-order valence-electron chi connectivity index (χ1n) is 5.75. The molecule has 1 aromatic rings. The molecule has 0 aliphatic carbocycles. The molecule has 1 aromatic carbocycles. The van der Waals surface area contributed by atoms with E-state index in [9.17, 15) is 5.11 Å². The number of benzene rings is 1. The summed E-state index contributed by atoms with van der Waals surface area (Å²) in [7, 11) is 0. The first-order chi connectivity index (χ1) is 7.92. The van der Waals surface area contributed by atoms with Gasteiger partial charge in [-0.25, -0.2) is 0 Å². The molecule has 1 heterocycles. The van der Waals surface area contributed by atoms with E-state index >= 15 is 0 Å². The SMILES string of the molecule is CC1CC(O)(c2cccc(Cl)c2Cl)CC(C)O1. The van der Waals surface area contributed by atoms with Crippen LogP contribution in [0.1, 0.15) is 32.3 Å². The van der Waals surface area contributed by atoms with Gasteiger partial charge in [-0.15, -0.1) is 0 Å². The van der Waals surface area contributed by atoms with Crippen LogP contribution in [0.3, 0.4) is 0 Å². The third-order valence-corrected chi connectivity index (χ3v) is 3.99. The summed E-state index contributed by atoms with van der Waals surface area (Å²) >= 11 is 12.2. The van der Waals surface area contributed by atoms with Crippen LogP contribution >= 0.6 is 23.2 Å². The quantitative estimate of drug-likeness (QED) is 0.845. The second-order valence-corrected chi connectivity index (χ2v) is 5.58. The van der Waals surface area contributed by atoms with Crippen LogP contribution in [-0.4, -0.2) is 17.3 Å². The molecule has 0 aromatic heterocycles. The standard InChI is InChI=1S/C13H16Cl2O2/c1-8-6-13(16,7-9(2)17-8)10-4-3-5-11(14)12(10)15/h3-5,8-9,16H,6-7H2,1-2H3. The van der Waals surface area contributed by atoms with E-state index in [0.717, 1.165) is 0 Å². The lowest BCUT2D eigenvalue weighted by Gasteiger charge is -2.40. The minimum absolute atomic E-state index is 0.0128. The van der Waals surface area contributed by atoms with Gasteiger partial charge in [0.1, 0.15) is 0 Å². The number of halogens is 2. The predicted molar refractivity (Wildman–Crippen MR) is 69.6 cm³/mol. The van der Waals surface area contributed by atoms with Gasteiger partial charge >= 0.3 is 0 Å². The van der Waals surface area contributed by atoms with Crippen LogP contribution in [0.15, 0.2) is 18.2 Å². The third kappa shape index (κ3) is 2.60. The average molecular weight is 275 g/mol. The van der Waals surface area contributed by atoms with E-state index in [1.165, 1.54) is 0 Å². The Hall–Kier alpha value is -0.280. The van der Waals surface area contributed by atoms with Crippen molar-refractivity contribution >= 4 is 23.2 Å². The Kier molecular flexibility index (Phi) is 3.69. The zero-order valence-corrected chi connectivity index (χ0v) is 11.4. The van der Waals surface area contributed by atoms with Gasteiger partial charge in [0, 0.05) is 18.4 Å². The molecule has 17 heavy (non-hydrogen) atoms. The van der Waals surface area contributed by atoms with Crippen LogP contribution in [0.4, 0.5) is 0 Å².